The van der Waals surface area contributed by atoms with Crippen LogP contribution < -0.4 is 10.1 Å². The lowest BCUT2D eigenvalue weighted by Crippen LogP contribution is -2.23. The van der Waals surface area contributed by atoms with Crippen LogP contribution in [0, 0.1) is 0 Å². The van der Waals surface area contributed by atoms with E-state index in [1.807, 2.05) is 35.3 Å². The summed E-state index contributed by atoms with van der Waals surface area (Å²) in [5.74, 6) is 0.919. The second-order valence-electron chi connectivity index (χ2n) is 6.58. The molecule has 0 aliphatic rings. The van der Waals surface area contributed by atoms with Crippen molar-refractivity contribution in [3.63, 3.8) is 0 Å². The van der Waals surface area contributed by atoms with Gasteiger partial charge in [0.25, 0.3) is 0 Å². The van der Waals surface area contributed by atoms with Gasteiger partial charge in [-0.15, -0.1) is 0 Å². The molecule has 2 aromatic rings. The predicted molar refractivity (Wildman–Crippen MR) is 90.1 cm³/mol. The topological polar surface area (TPSA) is 39.1 Å². The van der Waals surface area contributed by atoms with Crippen molar-refractivity contribution in [2.24, 2.45) is 0 Å². The molecule has 0 saturated carbocycles. The molecule has 22 heavy (non-hydrogen) atoms. The van der Waals surface area contributed by atoms with Crippen molar-refractivity contribution < 1.29 is 4.74 Å². The van der Waals surface area contributed by atoms with E-state index >= 15 is 0 Å². The number of aryl methyl sites for hydroxylation is 1. The van der Waals surface area contributed by atoms with E-state index in [1.54, 1.807) is 0 Å². The number of benzene rings is 1. The second kappa shape index (κ2) is 7.45. The van der Waals surface area contributed by atoms with E-state index in [2.05, 4.69) is 50.2 Å². The molecule has 1 aromatic heterocycles. The van der Waals surface area contributed by atoms with Crippen molar-refractivity contribution in [1.82, 2.24) is 15.1 Å². The lowest BCUT2D eigenvalue weighted by Gasteiger charge is -2.22. The third-order valence-electron chi connectivity index (χ3n) is 3.38. The predicted octanol–water partition coefficient (Wildman–Crippen LogP) is 3.80. The Balaban J connectivity index is 1.76. The molecule has 1 atom stereocenters. The van der Waals surface area contributed by atoms with E-state index in [-0.39, 0.29) is 5.60 Å². The first-order valence-electron chi connectivity index (χ1n) is 7.94. The third-order valence-corrected chi connectivity index (χ3v) is 3.38. The van der Waals surface area contributed by atoms with Crippen LogP contribution in [0.15, 0.2) is 42.7 Å². The Morgan fingerprint density at radius 3 is 2.55 bits per heavy atom. The number of ether oxygens (including phenoxy) is 1. The first-order chi connectivity index (χ1) is 10.4. The first-order valence-corrected chi connectivity index (χ1v) is 7.94. The summed E-state index contributed by atoms with van der Waals surface area (Å²) in [6, 6.07) is 10.6. The smallest absolute Gasteiger partial charge is 0.120 e. The Morgan fingerprint density at radius 2 is 1.95 bits per heavy atom. The van der Waals surface area contributed by atoms with Crippen molar-refractivity contribution in [2.45, 2.75) is 52.3 Å². The van der Waals surface area contributed by atoms with Gasteiger partial charge >= 0.3 is 0 Å². The minimum atomic E-state index is -0.155. The van der Waals surface area contributed by atoms with Crippen molar-refractivity contribution in [2.75, 3.05) is 6.54 Å². The zero-order valence-electron chi connectivity index (χ0n) is 14.0. The molecule has 1 heterocycles. The quantitative estimate of drug-likeness (QED) is 0.791. The lowest BCUT2D eigenvalue weighted by molar-refractivity contribution is 0.131. The van der Waals surface area contributed by atoms with Crippen molar-refractivity contribution >= 4 is 0 Å². The Labute approximate surface area is 133 Å². The molecule has 4 heteroatoms. The van der Waals surface area contributed by atoms with Gasteiger partial charge in [0.05, 0.1) is 0 Å². The summed E-state index contributed by atoms with van der Waals surface area (Å²) in [6.07, 6.45) is 4.88. The van der Waals surface area contributed by atoms with Gasteiger partial charge in [-0.2, -0.15) is 5.10 Å². The van der Waals surface area contributed by atoms with Gasteiger partial charge in [0, 0.05) is 25.0 Å². The molecule has 4 nitrogen and oxygen atoms in total. The lowest BCUT2D eigenvalue weighted by atomic mass is 10.1. The van der Waals surface area contributed by atoms with E-state index < -0.39 is 0 Å². The average molecular weight is 301 g/mol. The SMILES string of the molecule is CC(NCCCn1cccn1)c1ccc(OC(C)(C)C)cc1. The Bertz CT molecular complexity index is 541. The number of aromatic nitrogens is 2. The highest BCUT2D eigenvalue weighted by Gasteiger charge is 2.12. The van der Waals surface area contributed by atoms with Crippen LogP contribution in [0.2, 0.25) is 0 Å². The summed E-state index contributed by atoms with van der Waals surface area (Å²) < 4.78 is 7.81. The summed E-state index contributed by atoms with van der Waals surface area (Å²) in [5.41, 5.74) is 1.12. The molecule has 0 fully saturated rings. The maximum atomic E-state index is 5.85. The number of hydrogen-bond donors (Lipinski definition) is 1. The van der Waals surface area contributed by atoms with Crippen LogP contribution in [-0.2, 0) is 6.54 Å². The molecular formula is C18H27N3O. The van der Waals surface area contributed by atoms with E-state index in [4.69, 9.17) is 4.74 Å². The monoisotopic (exact) mass is 301 g/mol. The van der Waals surface area contributed by atoms with Crippen LogP contribution in [0.3, 0.4) is 0 Å². The van der Waals surface area contributed by atoms with E-state index in [0.29, 0.717) is 6.04 Å². The van der Waals surface area contributed by atoms with Crippen LogP contribution in [0.1, 0.15) is 45.7 Å². The number of rotatable bonds is 7. The van der Waals surface area contributed by atoms with Crippen molar-refractivity contribution in [3.8, 4) is 5.75 Å². The molecule has 0 saturated heterocycles. The Kier molecular flexibility index (Phi) is 5.61. The summed E-state index contributed by atoms with van der Waals surface area (Å²) in [4.78, 5) is 0. The maximum absolute atomic E-state index is 5.85. The average Bonchev–Trinajstić information content (AvgIpc) is 2.95. The molecule has 0 spiro atoms. The minimum Gasteiger partial charge on any atom is -0.488 e. The van der Waals surface area contributed by atoms with E-state index in [9.17, 15) is 0 Å². The first kappa shape index (κ1) is 16.6. The number of nitrogens with one attached hydrogen (secondary N) is 1. The molecule has 1 N–H and O–H groups in total. The highest BCUT2D eigenvalue weighted by Crippen LogP contribution is 2.21. The van der Waals surface area contributed by atoms with Gasteiger partial charge in [-0.25, -0.2) is 0 Å². The van der Waals surface area contributed by atoms with Crippen LogP contribution >= 0.6 is 0 Å². The van der Waals surface area contributed by atoms with Crippen LogP contribution in [0.4, 0.5) is 0 Å². The highest BCUT2D eigenvalue weighted by molar-refractivity contribution is 5.29. The van der Waals surface area contributed by atoms with Gasteiger partial charge in [0.2, 0.25) is 0 Å². The fourth-order valence-corrected chi connectivity index (χ4v) is 2.29. The van der Waals surface area contributed by atoms with Crippen LogP contribution in [-0.4, -0.2) is 21.9 Å². The molecule has 0 radical (unpaired) electrons. The van der Waals surface area contributed by atoms with Gasteiger partial charge in [-0.05, 0) is 64.4 Å². The van der Waals surface area contributed by atoms with Crippen molar-refractivity contribution in [1.29, 1.82) is 0 Å². The molecule has 0 amide bonds. The minimum absolute atomic E-state index is 0.155. The van der Waals surface area contributed by atoms with Gasteiger partial charge in [-0.3, -0.25) is 4.68 Å². The van der Waals surface area contributed by atoms with Crippen LogP contribution in [0.5, 0.6) is 5.75 Å². The summed E-state index contributed by atoms with van der Waals surface area (Å²) in [5, 5.41) is 7.75. The Morgan fingerprint density at radius 1 is 1.23 bits per heavy atom. The molecule has 1 aromatic carbocycles. The van der Waals surface area contributed by atoms with Gasteiger partial charge in [-0.1, -0.05) is 12.1 Å². The van der Waals surface area contributed by atoms with Crippen LogP contribution in [0.25, 0.3) is 0 Å². The molecule has 0 aliphatic carbocycles. The summed E-state index contributed by atoms with van der Waals surface area (Å²) >= 11 is 0. The molecule has 2 rings (SSSR count). The van der Waals surface area contributed by atoms with Crippen molar-refractivity contribution in [3.05, 3.63) is 48.3 Å². The number of nitrogens with zero attached hydrogens (tertiary/aromatic N) is 2. The van der Waals surface area contributed by atoms with E-state index in [1.165, 1.54) is 5.56 Å². The zero-order valence-corrected chi connectivity index (χ0v) is 14.0. The Hall–Kier alpha value is -1.81. The standard InChI is InChI=1S/C18H27N3O/c1-15(19-11-5-13-21-14-6-12-20-21)16-7-9-17(10-8-16)22-18(2,3)4/h6-10,12,14-15,19H,5,11,13H2,1-4H3. The van der Waals surface area contributed by atoms with E-state index in [0.717, 1.165) is 25.3 Å². The number of hydrogen-bond acceptors (Lipinski definition) is 3. The largest absolute Gasteiger partial charge is 0.488 e. The normalized spacial score (nSPS) is 13.1. The fraction of sp³-hybridized carbons (Fsp3) is 0.500. The molecule has 120 valence electrons. The zero-order chi connectivity index (χ0) is 16.0. The molecule has 0 bridgehead atoms. The fourth-order valence-electron chi connectivity index (χ4n) is 2.29. The second-order valence-corrected chi connectivity index (χ2v) is 6.58. The third kappa shape index (κ3) is 5.53. The summed E-state index contributed by atoms with van der Waals surface area (Å²) in [6.45, 7) is 10.3. The van der Waals surface area contributed by atoms with Gasteiger partial charge in [0.15, 0.2) is 0 Å². The molecular weight excluding hydrogens is 274 g/mol. The highest BCUT2D eigenvalue weighted by atomic mass is 16.5. The molecule has 0 aliphatic heterocycles. The summed E-state index contributed by atoms with van der Waals surface area (Å²) in [7, 11) is 0. The van der Waals surface area contributed by atoms with Gasteiger partial charge in [0.1, 0.15) is 11.4 Å². The van der Waals surface area contributed by atoms with Gasteiger partial charge < -0.3 is 10.1 Å². The maximum Gasteiger partial charge on any atom is 0.120 e. The molecule has 1 unspecified atom stereocenters.